The fraction of sp³-hybridized carbons (Fsp3) is 0.439. The zero-order chi connectivity index (χ0) is 46.6. The molecule has 0 bridgehead atoms. The number of fused-ring (bicyclic) bond motifs is 3. The molecule has 1 aliphatic rings. The molecule has 0 saturated heterocycles. The molecule has 0 aromatic heterocycles. The number of carbonyl (C=O) groups excluding carboxylic acids is 4. The summed E-state index contributed by atoms with van der Waals surface area (Å²) in [5.41, 5.74) is 13.0. The highest BCUT2D eigenvalue weighted by molar-refractivity contribution is 8.13. The summed E-state index contributed by atoms with van der Waals surface area (Å²) < 4.78 is 0. The third-order valence-corrected chi connectivity index (χ3v) is 15.4. The predicted octanol–water partition coefficient (Wildman–Crippen LogP) is 15.4. The molecular weight excluding hydrogens is 877 g/mol. The van der Waals surface area contributed by atoms with Crippen LogP contribution in [0.4, 0.5) is 0 Å². The van der Waals surface area contributed by atoms with Gasteiger partial charge in [-0.05, 0) is 106 Å². The molecule has 0 unspecified atom stereocenters. The van der Waals surface area contributed by atoms with E-state index in [1.807, 2.05) is 0 Å². The van der Waals surface area contributed by atoms with Gasteiger partial charge in [-0.3, -0.25) is 19.2 Å². The van der Waals surface area contributed by atoms with Crippen LogP contribution in [0.3, 0.4) is 0 Å². The summed E-state index contributed by atoms with van der Waals surface area (Å²) in [6, 6.07) is 26.1. The summed E-state index contributed by atoms with van der Waals surface area (Å²) in [7, 11) is 0. The maximum Gasteiger partial charge on any atom is 0.186 e. The fourth-order valence-electron chi connectivity index (χ4n) is 8.76. The van der Waals surface area contributed by atoms with E-state index in [0.29, 0.717) is 23.0 Å². The van der Waals surface area contributed by atoms with E-state index in [9.17, 15) is 19.2 Å². The molecule has 0 aliphatic heterocycles. The van der Waals surface area contributed by atoms with Gasteiger partial charge in [0.25, 0.3) is 0 Å². The van der Waals surface area contributed by atoms with Gasteiger partial charge in [0.2, 0.25) is 0 Å². The third-order valence-electron chi connectivity index (χ3n) is 11.9. The summed E-state index contributed by atoms with van der Waals surface area (Å²) in [4.78, 5) is 47.4. The van der Waals surface area contributed by atoms with Crippen LogP contribution in [0.1, 0.15) is 187 Å². The normalized spacial score (nSPS) is 12.1. The third kappa shape index (κ3) is 16.7. The Bertz CT molecular complexity index is 2180. The molecule has 0 spiro atoms. The van der Waals surface area contributed by atoms with Crippen LogP contribution < -0.4 is 0 Å². The Labute approximate surface area is 407 Å². The van der Waals surface area contributed by atoms with Crippen LogP contribution >= 0.6 is 47.0 Å². The van der Waals surface area contributed by atoms with Crippen molar-refractivity contribution < 1.29 is 19.2 Å². The molecule has 5 rings (SSSR count). The van der Waals surface area contributed by atoms with E-state index >= 15 is 0 Å². The van der Waals surface area contributed by atoms with Crippen LogP contribution in [0.5, 0.6) is 0 Å². The molecular formula is C57H66O4S4. The van der Waals surface area contributed by atoms with Crippen molar-refractivity contribution in [1.82, 2.24) is 0 Å². The maximum atomic E-state index is 11.9. The second kappa shape index (κ2) is 27.0. The van der Waals surface area contributed by atoms with E-state index in [1.54, 1.807) is 27.7 Å². The van der Waals surface area contributed by atoms with E-state index in [2.05, 4.69) is 110 Å². The molecule has 8 heteroatoms. The number of hydrogen-bond donors (Lipinski definition) is 0. The zero-order valence-corrected chi connectivity index (χ0v) is 42.7. The minimum atomic E-state index is -0.169. The number of hydrogen-bond acceptors (Lipinski definition) is 8. The Morgan fingerprint density at radius 3 is 1.03 bits per heavy atom. The van der Waals surface area contributed by atoms with Gasteiger partial charge in [-0.15, -0.1) is 0 Å². The number of rotatable bonds is 22. The van der Waals surface area contributed by atoms with Gasteiger partial charge in [-0.1, -0.05) is 186 Å². The molecule has 0 atom stereocenters. The smallest absolute Gasteiger partial charge is 0.186 e. The molecule has 1 aliphatic carbocycles. The van der Waals surface area contributed by atoms with Crippen molar-refractivity contribution >= 4 is 67.5 Å². The van der Waals surface area contributed by atoms with Crippen molar-refractivity contribution in [3.63, 3.8) is 0 Å². The van der Waals surface area contributed by atoms with Crippen molar-refractivity contribution in [1.29, 1.82) is 0 Å². The van der Waals surface area contributed by atoms with Gasteiger partial charge in [0.15, 0.2) is 20.5 Å². The van der Waals surface area contributed by atoms with E-state index in [0.717, 1.165) is 70.2 Å². The summed E-state index contributed by atoms with van der Waals surface area (Å²) in [6.45, 7) is 10.9. The average Bonchev–Trinajstić information content (AvgIpc) is 3.54. The predicted molar refractivity (Wildman–Crippen MR) is 281 cm³/mol. The van der Waals surface area contributed by atoms with Gasteiger partial charge in [0, 0.05) is 78.4 Å². The number of benzene rings is 4. The standard InChI is InChI=1S/C57H66O4S4/c1-7-9-11-13-15-17-27-57(28-18-16-14-12-10-8-2)55-35-45(19-21-47-29-49(37-62-41(3)58)33-50(30-47)38-63-42(4)59)23-25-53(55)54-26-24-46(36-56(54)57)20-22-48-31-51(39-64-43(5)60)34-52(32-48)40-65-44(6)61/h23-26,29-36H,7-18,27-28,37-40H2,1-6H3. The van der Waals surface area contributed by atoms with E-state index in [1.165, 1.54) is 134 Å². The van der Waals surface area contributed by atoms with Gasteiger partial charge in [0.05, 0.1) is 0 Å². The van der Waals surface area contributed by atoms with Crippen LogP contribution in [0.15, 0.2) is 72.8 Å². The SMILES string of the molecule is CCCCCCCCC1(CCCCCCCC)c2cc(C#Cc3cc(CSC(C)=O)cc(CSC(C)=O)c3)ccc2-c2ccc(C#Cc3cc(CSC(C)=O)cc(CSC(C)=O)c3)cc21. The Hall–Kier alpha value is -3.92. The minimum absolute atomic E-state index is 0.0756. The van der Waals surface area contributed by atoms with Crippen LogP contribution in [-0.4, -0.2) is 20.5 Å². The maximum absolute atomic E-state index is 11.9. The lowest BCUT2D eigenvalue weighted by atomic mass is 9.70. The van der Waals surface area contributed by atoms with E-state index in [4.69, 9.17) is 0 Å². The summed E-state index contributed by atoms with van der Waals surface area (Å²) in [5, 5.41) is 0.302. The summed E-state index contributed by atoms with van der Waals surface area (Å²) in [6.07, 6.45) is 17.0. The monoisotopic (exact) mass is 942 g/mol. The van der Waals surface area contributed by atoms with Crippen molar-refractivity contribution in [2.45, 2.75) is 160 Å². The molecule has 0 fully saturated rings. The first-order valence-electron chi connectivity index (χ1n) is 23.5. The Morgan fingerprint density at radius 2 is 0.708 bits per heavy atom. The Kier molecular flexibility index (Phi) is 21.6. The Balaban J connectivity index is 1.58. The first-order valence-corrected chi connectivity index (χ1v) is 27.5. The average molecular weight is 943 g/mol. The van der Waals surface area contributed by atoms with Gasteiger partial charge >= 0.3 is 0 Å². The zero-order valence-electron chi connectivity index (χ0n) is 39.4. The molecule has 0 radical (unpaired) electrons. The van der Waals surface area contributed by atoms with Crippen LogP contribution in [0.25, 0.3) is 11.1 Å². The largest absolute Gasteiger partial charge is 0.288 e. The van der Waals surface area contributed by atoms with Gasteiger partial charge in [-0.2, -0.15) is 0 Å². The summed E-state index contributed by atoms with van der Waals surface area (Å²) in [5.74, 6) is 16.3. The quantitative estimate of drug-likeness (QED) is 0.0570. The van der Waals surface area contributed by atoms with E-state index < -0.39 is 0 Å². The molecule has 342 valence electrons. The molecule has 4 nitrogen and oxygen atoms in total. The fourth-order valence-corrected chi connectivity index (χ4v) is 10.9. The van der Waals surface area contributed by atoms with Gasteiger partial charge in [-0.25, -0.2) is 0 Å². The van der Waals surface area contributed by atoms with Gasteiger partial charge in [0.1, 0.15) is 0 Å². The first-order chi connectivity index (χ1) is 31.4. The topological polar surface area (TPSA) is 68.3 Å². The van der Waals surface area contributed by atoms with Crippen molar-refractivity contribution in [3.8, 4) is 34.8 Å². The highest BCUT2D eigenvalue weighted by atomic mass is 32.2. The van der Waals surface area contributed by atoms with E-state index in [-0.39, 0.29) is 25.9 Å². The van der Waals surface area contributed by atoms with Crippen LogP contribution in [-0.2, 0) is 47.6 Å². The second-order valence-corrected chi connectivity index (χ2v) is 21.9. The van der Waals surface area contributed by atoms with Gasteiger partial charge < -0.3 is 0 Å². The molecule has 65 heavy (non-hydrogen) atoms. The number of carbonyl (C=O) groups is 4. The molecule has 4 aromatic carbocycles. The lowest BCUT2D eigenvalue weighted by Crippen LogP contribution is -2.26. The van der Waals surface area contributed by atoms with Crippen molar-refractivity contribution in [2.24, 2.45) is 0 Å². The Morgan fingerprint density at radius 1 is 0.400 bits per heavy atom. The molecule has 0 heterocycles. The second-order valence-electron chi connectivity index (χ2n) is 17.3. The number of thioether (sulfide) groups is 4. The van der Waals surface area contributed by atoms with Crippen LogP contribution in [0.2, 0.25) is 0 Å². The molecule has 4 aromatic rings. The molecule has 0 saturated carbocycles. The highest BCUT2D eigenvalue weighted by Crippen LogP contribution is 2.54. The first kappa shape index (κ1) is 52.1. The van der Waals surface area contributed by atoms with Crippen LogP contribution in [0, 0.1) is 23.7 Å². The number of unbranched alkanes of at least 4 members (excludes halogenated alkanes) is 10. The highest BCUT2D eigenvalue weighted by Gasteiger charge is 2.42. The minimum Gasteiger partial charge on any atom is -0.288 e. The van der Waals surface area contributed by atoms with Crippen molar-refractivity contribution in [2.75, 3.05) is 0 Å². The molecule has 0 amide bonds. The lowest BCUT2D eigenvalue weighted by Gasteiger charge is -2.33. The summed E-state index contributed by atoms with van der Waals surface area (Å²) >= 11 is 5.15. The van der Waals surface area contributed by atoms with Crippen molar-refractivity contribution in [3.05, 3.63) is 128 Å². The lowest BCUT2D eigenvalue weighted by molar-refractivity contribution is -0.109. The molecule has 0 N–H and O–H groups in total.